The third-order valence-electron chi connectivity index (χ3n) is 3.77. The van der Waals surface area contributed by atoms with Crippen molar-refractivity contribution in [2.75, 3.05) is 0 Å². The SMILES string of the molecule is CC(=O)C(CCC(=O)O)Cc1cc(C)cc(C(C)(C)C)c1. The molecule has 1 aromatic carbocycles. The fourth-order valence-corrected chi connectivity index (χ4v) is 2.44. The van der Waals surface area contributed by atoms with Gasteiger partial charge >= 0.3 is 5.97 Å². The second-order valence-electron chi connectivity index (χ2n) is 6.90. The second-order valence-corrected chi connectivity index (χ2v) is 6.90. The van der Waals surface area contributed by atoms with E-state index in [2.05, 4.69) is 45.9 Å². The van der Waals surface area contributed by atoms with Gasteiger partial charge in [0, 0.05) is 12.3 Å². The number of hydrogen-bond acceptors (Lipinski definition) is 2. The molecule has 0 aliphatic carbocycles. The fraction of sp³-hybridized carbons (Fsp3) is 0.556. The lowest BCUT2D eigenvalue weighted by molar-refractivity contribution is -0.137. The van der Waals surface area contributed by atoms with Crippen LogP contribution in [-0.2, 0) is 21.4 Å². The minimum Gasteiger partial charge on any atom is -0.481 e. The Balaban J connectivity index is 2.96. The number of Topliss-reactive ketones (excluding diaryl/α,β-unsaturated/α-hetero) is 1. The third kappa shape index (κ3) is 5.70. The van der Waals surface area contributed by atoms with Gasteiger partial charge in [0.1, 0.15) is 5.78 Å². The average molecular weight is 290 g/mol. The van der Waals surface area contributed by atoms with Crippen molar-refractivity contribution in [2.24, 2.45) is 5.92 Å². The predicted octanol–water partition coefficient (Wildman–Crippen LogP) is 3.91. The first kappa shape index (κ1) is 17.4. The Morgan fingerprint density at radius 3 is 2.29 bits per heavy atom. The van der Waals surface area contributed by atoms with Gasteiger partial charge in [-0.3, -0.25) is 9.59 Å². The van der Waals surface area contributed by atoms with Gasteiger partial charge < -0.3 is 5.11 Å². The molecule has 1 aromatic rings. The van der Waals surface area contributed by atoms with E-state index in [1.54, 1.807) is 6.92 Å². The van der Waals surface area contributed by atoms with Crippen LogP contribution in [0.15, 0.2) is 18.2 Å². The summed E-state index contributed by atoms with van der Waals surface area (Å²) in [6.45, 7) is 10.1. The Labute approximate surface area is 127 Å². The van der Waals surface area contributed by atoms with Crippen molar-refractivity contribution in [3.8, 4) is 0 Å². The summed E-state index contributed by atoms with van der Waals surface area (Å²) >= 11 is 0. The molecule has 21 heavy (non-hydrogen) atoms. The van der Waals surface area contributed by atoms with Crippen molar-refractivity contribution in [1.29, 1.82) is 0 Å². The van der Waals surface area contributed by atoms with E-state index in [4.69, 9.17) is 5.11 Å². The number of ketones is 1. The Bertz CT molecular complexity index is 524. The van der Waals surface area contributed by atoms with Gasteiger partial charge in [0.25, 0.3) is 0 Å². The number of carbonyl (C=O) groups excluding carboxylic acids is 1. The van der Waals surface area contributed by atoms with Crippen molar-refractivity contribution < 1.29 is 14.7 Å². The van der Waals surface area contributed by atoms with Gasteiger partial charge in [0.2, 0.25) is 0 Å². The zero-order valence-electron chi connectivity index (χ0n) is 13.7. The minimum absolute atomic E-state index is 0.0438. The maximum absolute atomic E-state index is 11.7. The molecule has 0 aromatic heterocycles. The summed E-state index contributed by atoms with van der Waals surface area (Å²) < 4.78 is 0. The molecule has 116 valence electrons. The first-order valence-electron chi connectivity index (χ1n) is 7.43. The van der Waals surface area contributed by atoms with E-state index in [0.29, 0.717) is 12.8 Å². The van der Waals surface area contributed by atoms with Gasteiger partial charge in [0.15, 0.2) is 0 Å². The Hall–Kier alpha value is -1.64. The van der Waals surface area contributed by atoms with Gasteiger partial charge in [-0.2, -0.15) is 0 Å². The summed E-state index contributed by atoms with van der Waals surface area (Å²) in [5.74, 6) is -0.994. The van der Waals surface area contributed by atoms with Crippen molar-refractivity contribution in [3.63, 3.8) is 0 Å². The van der Waals surface area contributed by atoms with Crippen LogP contribution >= 0.6 is 0 Å². The van der Waals surface area contributed by atoms with Crippen LogP contribution in [-0.4, -0.2) is 16.9 Å². The van der Waals surface area contributed by atoms with Crippen LogP contribution in [0, 0.1) is 12.8 Å². The summed E-state index contributed by atoms with van der Waals surface area (Å²) in [6.07, 6.45) is 1.07. The maximum Gasteiger partial charge on any atom is 0.303 e. The Morgan fingerprint density at radius 1 is 1.19 bits per heavy atom. The molecule has 0 saturated carbocycles. The molecule has 1 unspecified atom stereocenters. The smallest absolute Gasteiger partial charge is 0.303 e. The molecule has 3 nitrogen and oxygen atoms in total. The lowest BCUT2D eigenvalue weighted by Gasteiger charge is -2.22. The first-order chi connectivity index (χ1) is 9.59. The molecule has 0 heterocycles. The van der Waals surface area contributed by atoms with Crippen molar-refractivity contribution >= 4 is 11.8 Å². The molecule has 0 bridgehead atoms. The van der Waals surface area contributed by atoms with Crippen LogP contribution in [0.25, 0.3) is 0 Å². The summed E-state index contributed by atoms with van der Waals surface area (Å²) in [6, 6.07) is 6.40. The zero-order chi connectivity index (χ0) is 16.2. The van der Waals surface area contributed by atoms with Gasteiger partial charge in [-0.05, 0) is 43.2 Å². The number of aryl methyl sites for hydroxylation is 1. The summed E-state index contributed by atoms with van der Waals surface area (Å²) in [4.78, 5) is 22.4. The predicted molar refractivity (Wildman–Crippen MR) is 84.6 cm³/mol. The highest BCUT2D eigenvalue weighted by Crippen LogP contribution is 2.26. The van der Waals surface area contributed by atoms with E-state index in [9.17, 15) is 9.59 Å². The van der Waals surface area contributed by atoms with Crippen LogP contribution in [0.3, 0.4) is 0 Å². The Kier molecular flexibility index (Phi) is 5.70. The largest absolute Gasteiger partial charge is 0.481 e. The van der Waals surface area contributed by atoms with Crippen LogP contribution in [0.2, 0.25) is 0 Å². The molecule has 0 fully saturated rings. The topological polar surface area (TPSA) is 54.4 Å². The number of carboxylic acid groups (broad SMARTS) is 1. The maximum atomic E-state index is 11.7. The molecule has 0 radical (unpaired) electrons. The zero-order valence-corrected chi connectivity index (χ0v) is 13.7. The molecule has 1 rings (SSSR count). The molecule has 0 saturated heterocycles. The van der Waals surface area contributed by atoms with Crippen molar-refractivity contribution in [3.05, 3.63) is 34.9 Å². The molecule has 0 spiro atoms. The van der Waals surface area contributed by atoms with Crippen LogP contribution in [0.4, 0.5) is 0 Å². The first-order valence-corrected chi connectivity index (χ1v) is 7.43. The molecule has 3 heteroatoms. The number of rotatable bonds is 6. The quantitative estimate of drug-likeness (QED) is 0.864. The highest BCUT2D eigenvalue weighted by Gasteiger charge is 2.19. The molecule has 0 aliphatic heterocycles. The van der Waals surface area contributed by atoms with E-state index in [1.165, 1.54) is 11.1 Å². The highest BCUT2D eigenvalue weighted by molar-refractivity contribution is 5.79. The number of benzene rings is 1. The molecular weight excluding hydrogens is 264 g/mol. The highest BCUT2D eigenvalue weighted by atomic mass is 16.4. The lowest BCUT2D eigenvalue weighted by Crippen LogP contribution is -2.17. The normalized spacial score (nSPS) is 13.0. The number of hydrogen-bond donors (Lipinski definition) is 1. The van der Waals surface area contributed by atoms with Gasteiger partial charge in [-0.1, -0.05) is 44.5 Å². The monoisotopic (exact) mass is 290 g/mol. The van der Waals surface area contributed by atoms with Crippen LogP contribution in [0.1, 0.15) is 57.2 Å². The average Bonchev–Trinajstić information content (AvgIpc) is 2.32. The molecule has 1 N–H and O–H groups in total. The van der Waals surface area contributed by atoms with Crippen LogP contribution < -0.4 is 0 Å². The molecule has 1 atom stereocenters. The standard InChI is InChI=1S/C18H26O3/c1-12-8-14(11-16(9-12)18(3,4)5)10-15(13(2)19)6-7-17(20)21/h8-9,11,15H,6-7,10H2,1-5H3,(H,20,21). The summed E-state index contributed by atoms with van der Waals surface area (Å²) in [5.41, 5.74) is 3.61. The van der Waals surface area contributed by atoms with Crippen molar-refractivity contribution in [2.45, 2.75) is 59.3 Å². The van der Waals surface area contributed by atoms with E-state index < -0.39 is 5.97 Å². The van der Waals surface area contributed by atoms with Crippen LogP contribution in [0.5, 0.6) is 0 Å². The molecular formula is C18H26O3. The molecule has 0 amide bonds. The Morgan fingerprint density at radius 2 is 1.81 bits per heavy atom. The third-order valence-corrected chi connectivity index (χ3v) is 3.77. The number of carboxylic acids is 1. The second kappa shape index (κ2) is 6.88. The van der Waals surface area contributed by atoms with Gasteiger partial charge in [0.05, 0.1) is 0 Å². The van der Waals surface area contributed by atoms with E-state index in [0.717, 1.165) is 5.56 Å². The van der Waals surface area contributed by atoms with E-state index in [1.807, 2.05) is 0 Å². The van der Waals surface area contributed by atoms with Gasteiger partial charge in [-0.15, -0.1) is 0 Å². The number of carbonyl (C=O) groups is 2. The lowest BCUT2D eigenvalue weighted by atomic mass is 9.83. The van der Waals surface area contributed by atoms with E-state index in [-0.39, 0.29) is 23.5 Å². The fourth-order valence-electron chi connectivity index (χ4n) is 2.44. The summed E-state index contributed by atoms with van der Waals surface area (Å²) in [5, 5.41) is 8.79. The number of aliphatic carboxylic acids is 1. The van der Waals surface area contributed by atoms with Crippen molar-refractivity contribution in [1.82, 2.24) is 0 Å². The van der Waals surface area contributed by atoms with E-state index >= 15 is 0 Å². The minimum atomic E-state index is -0.846. The summed E-state index contributed by atoms with van der Waals surface area (Å²) in [7, 11) is 0. The molecule has 0 aliphatic rings. The van der Waals surface area contributed by atoms with Gasteiger partial charge in [-0.25, -0.2) is 0 Å².